The van der Waals surface area contributed by atoms with Crippen molar-refractivity contribution in [2.75, 3.05) is 7.11 Å². The summed E-state index contributed by atoms with van der Waals surface area (Å²) in [6, 6.07) is 5.34. The van der Waals surface area contributed by atoms with Crippen molar-refractivity contribution in [1.82, 2.24) is 0 Å². The van der Waals surface area contributed by atoms with E-state index in [0.29, 0.717) is 12.0 Å². The van der Waals surface area contributed by atoms with Crippen LogP contribution in [0.3, 0.4) is 0 Å². The van der Waals surface area contributed by atoms with Gasteiger partial charge in [-0.1, -0.05) is 11.6 Å². The quantitative estimate of drug-likeness (QED) is 0.600. The molecule has 0 aliphatic carbocycles. The average molecular weight is 368 g/mol. The molecule has 0 saturated carbocycles. The van der Waals surface area contributed by atoms with Crippen LogP contribution in [-0.2, 0) is 6.42 Å². The van der Waals surface area contributed by atoms with Crippen molar-refractivity contribution in [3.05, 3.63) is 58.0 Å². The predicted molar refractivity (Wildman–Crippen MR) is 103 cm³/mol. The highest BCUT2D eigenvalue weighted by Crippen LogP contribution is 2.43. The summed E-state index contributed by atoms with van der Waals surface area (Å²) < 4.78 is 10.8. The molecule has 2 aromatic carbocycles. The molecule has 0 unspecified atom stereocenters. The van der Waals surface area contributed by atoms with Gasteiger partial charge in [0.05, 0.1) is 18.1 Å². The van der Waals surface area contributed by atoms with Crippen LogP contribution in [0.4, 0.5) is 0 Å². The van der Waals surface area contributed by atoms with Crippen molar-refractivity contribution in [2.24, 2.45) is 0 Å². The summed E-state index contributed by atoms with van der Waals surface area (Å²) in [5.74, 6) is -0.302. The largest absolute Gasteiger partial charge is 0.508 e. The molecule has 0 saturated heterocycles. The van der Waals surface area contributed by atoms with E-state index < -0.39 is 0 Å². The number of fused-ring (bicyclic) bond motifs is 1. The maximum Gasteiger partial charge on any atom is 0.200 e. The van der Waals surface area contributed by atoms with Crippen molar-refractivity contribution in [3.63, 3.8) is 0 Å². The van der Waals surface area contributed by atoms with Gasteiger partial charge in [0, 0.05) is 23.3 Å². The van der Waals surface area contributed by atoms with E-state index in [1.807, 2.05) is 19.9 Å². The summed E-state index contributed by atoms with van der Waals surface area (Å²) in [6.07, 6.45) is 3.48. The SMILES string of the molecule is COc1c(O)cc(O)c(-c2coc3cc(O)ccc3c2=O)c1CC=C(C)C. The maximum absolute atomic E-state index is 13.0. The molecule has 0 atom stereocenters. The first-order chi connectivity index (χ1) is 12.8. The molecular formula is C21H20O6. The molecule has 1 heterocycles. The number of methoxy groups -OCH3 is 1. The van der Waals surface area contributed by atoms with E-state index in [1.165, 1.54) is 31.6 Å². The number of hydrogen-bond donors (Lipinski definition) is 3. The summed E-state index contributed by atoms with van der Waals surface area (Å²) in [5.41, 5.74) is 1.76. The first-order valence-corrected chi connectivity index (χ1v) is 8.33. The Balaban J connectivity index is 2.35. The molecule has 0 bridgehead atoms. The average Bonchev–Trinajstić information content (AvgIpc) is 2.60. The number of phenolic OH excluding ortho intramolecular Hbond substituents is 3. The zero-order chi connectivity index (χ0) is 19.7. The first kappa shape index (κ1) is 18.4. The van der Waals surface area contributed by atoms with Gasteiger partial charge in [0.2, 0.25) is 5.43 Å². The van der Waals surface area contributed by atoms with Crippen LogP contribution < -0.4 is 10.2 Å². The van der Waals surface area contributed by atoms with Gasteiger partial charge < -0.3 is 24.5 Å². The second kappa shape index (κ2) is 7.07. The maximum atomic E-state index is 13.0. The number of aromatic hydroxyl groups is 3. The molecule has 0 aliphatic heterocycles. The molecule has 3 rings (SSSR count). The fourth-order valence-electron chi connectivity index (χ4n) is 3.01. The van der Waals surface area contributed by atoms with Gasteiger partial charge in [-0.05, 0) is 32.4 Å². The van der Waals surface area contributed by atoms with Crippen molar-refractivity contribution in [1.29, 1.82) is 0 Å². The second-order valence-corrected chi connectivity index (χ2v) is 6.45. The van der Waals surface area contributed by atoms with Gasteiger partial charge >= 0.3 is 0 Å². The number of hydrogen-bond acceptors (Lipinski definition) is 6. The van der Waals surface area contributed by atoms with Gasteiger partial charge in [0.15, 0.2) is 11.5 Å². The van der Waals surface area contributed by atoms with Gasteiger partial charge in [-0.15, -0.1) is 0 Å². The van der Waals surface area contributed by atoms with Gasteiger partial charge in [-0.2, -0.15) is 0 Å². The Morgan fingerprint density at radius 3 is 2.56 bits per heavy atom. The van der Waals surface area contributed by atoms with E-state index in [4.69, 9.17) is 9.15 Å². The van der Waals surface area contributed by atoms with E-state index in [0.717, 1.165) is 11.6 Å². The van der Waals surface area contributed by atoms with Crippen molar-refractivity contribution in [3.8, 4) is 34.1 Å². The third-order valence-electron chi connectivity index (χ3n) is 4.28. The lowest BCUT2D eigenvalue weighted by molar-refractivity contribution is 0.366. The topological polar surface area (TPSA) is 100 Å². The first-order valence-electron chi connectivity index (χ1n) is 8.33. The molecule has 0 spiro atoms. The highest BCUT2D eigenvalue weighted by Gasteiger charge is 2.22. The fraction of sp³-hybridized carbons (Fsp3) is 0.190. The Morgan fingerprint density at radius 2 is 1.89 bits per heavy atom. The molecule has 1 aromatic heterocycles. The van der Waals surface area contributed by atoms with Crippen LogP contribution in [0.5, 0.6) is 23.0 Å². The number of benzene rings is 2. The van der Waals surface area contributed by atoms with Crippen LogP contribution in [0, 0.1) is 0 Å². The molecule has 3 N–H and O–H groups in total. The molecule has 0 aliphatic rings. The molecule has 6 nitrogen and oxygen atoms in total. The van der Waals surface area contributed by atoms with E-state index in [1.54, 1.807) is 0 Å². The van der Waals surface area contributed by atoms with E-state index >= 15 is 0 Å². The highest BCUT2D eigenvalue weighted by atomic mass is 16.5. The number of phenols is 3. The van der Waals surface area contributed by atoms with Crippen molar-refractivity contribution < 1.29 is 24.5 Å². The Hall–Kier alpha value is -3.41. The Bertz CT molecular complexity index is 1100. The third-order valence-corrected chi connectivity index (χ3v) is 4.28. The zero-order valence-corrected chi connectivity index (χ0v) is 15.2. The predicted octanol–water partition coefficient (Wildman–Crippen LogP) is 4.09. The van der Waals surface area contributed by atoms with Crippen molar-refractivity contribution in [2.45, 2.75) is 20.3 Å². The second-order valence-electron chi connectivity index (χ2n) is 6.45. The lowest BCUT2D eigenvalue weighted by Crippen LogP contribution is -2.07. The lowest BCUT2D eigenvalue weighted by atomic mass is 9.94. The molecular weight excluding hydrogens is 348 g/mol. The summed E-state index contributed by atoms with van der Waals surface area (Å²) in [7, 11) is 1.41. The third kappa shape index (κ3) is 3.33. The lowest BCUT2D eigenvalue weighted by Gasteiger charge is -2.16. The zero-order valence-electron chi connectivity index (χ0n) is 15.2. The van der Waals surface area contributed by atoms with Crippen LogP contribution in [0.2, 0.25) is 0 Å². The minimum absolute atomic E-state index is 0.0169. The highest BCUT2D eigenvalue weighted by molar-refractivity contribution is 5.86. The van der Waals surface area contributed by atoms with Crippen LogP contribution in [-0.4, -0.2) is 22.4 Å². The monoisotopic (exact) mass is 368 g/mol. The molecule has 6 heteroatoms. The van der Waals surface area contributed by atoms with E-state index in [9.17, 15) is 20.1 Å². The van der Waals surface area contributed by atoms with Crippen LogP contribution >= 0.6 is 0 Å². The minimum atomic E-state index is -0.363. The van der Waals surface area contributed by atoms with Gasteiger partial charge in [0.1, 0.15) is 23.3 Å². The molecule has 0 fully saturated rings. The molecule has 27 heavy (non-hydrogen) atoms. The number of ether oxygens (including phenoxy) is 1. The Morgan fingerprint density at radius 1 is 1.15 bits per heavy atom. The van der Waals surface area contributed by atoms with Gasteiger partial charge in [-0.3, -0.25) is 4.79 Å². The fourth-order valence-corrected chi connectivity index (χ4v) is 3.01. The van der Waals surface area contributed by atoms with Crippen LogP contribution in [0.25, 0.3) is 22.1 Å². The summed E-state index contributed by atoms with van der Waals surface area (Å²) in [4.78, 5) is 13.0. The minimum Gasteiger partial charge on any atom is -0.508 e. The van der Waals surface area contributed by atoms with Crippen LogP contribution in [0.15, 0.2) is 51.4 Å². The smallest absolute Gasteiger partial charge is 0.200 e. The Kier molecular flexibility index (Phi) is 4.81. The normalized spacial score (nSPS) is 10.8. The van der Waals surface area contributed by atoms with Gasteiger partial charge in [-0.25, -0.2) is 0 Å². The van der Waals surface area contributed by atoms with E-state index in [-0.39, 0.29) is 50.5 Å². The molecule has 0 amide bonds. The van der Waals surface area contributed by atoms with Crippen molar-refractivity contribution >= 4 is 11.0 Å². The summed E-state index contributed by atoms with van der Waals surface area (Å²) in [5, 5.41) is 30.5. The molecule has 140 valence electrons. The molecule has 3 aromatic rings. The summed E-state index contributed by atoms with van der Waals surface area (Å²) in [6.45, 7) is 3.84. The standard InChI is InChI=1S/C21H20O6/c1-11(2)4-6-14-19(16(23)9-17(24)21(14)26-3)15-10-27-18-8-12(22)5-7-13(18)20(15)25/h4-5,7-10,22-24H,6H2,1-3H3. The summed E-state index contributed by atoms with van der Waals surface area (Å²) >= 11 is 0. The number of allylic oxidation sites excluding steroid dienone is 2. The van der Waals surface area contributed by atoms with Gasteiger partial charge in [0.25, 0.3) is 0 Å². The van der Waals surface area contributed by atoms with Crippen LogP contribution in [0.1, 0.15) is 19.4 Å². The van der Waals surface area contributed by atoms with E-state index in [2.05, 4.69) is 0 Å². The molecule has 0 radical (unpaired) electrons. The number of rotatable bonds is 4. The Labute approximate surface area is 155 Å².